The number of ether oxygens (including phenoxy) is 1. The molecule has 0 saturated heterocycles. The zero-order valence-corrected chi connectivity index (χ0v) is 14.1. The monoisotopic (exact) mass is 298 g/mol. The second-order valence-corrected chi connectivity index (χ2v) is 6.84. The highest BCUT2D eigenvalue weighted by molar-refractivity contribution is 5.94. The Morgan fingerprint density at radius 2 is 1.90 bits per heavy atom. The molecule has 122 valence electrons. The lowest BCUT2D eigenvalue weighted by molar-refractivity contribution is -0.444. The highest BCUT2D eigenvalue weighted by Crippen LogP contribution is 2.27. The number of hydrogen-bond donors (Lipinski definition) is 0. The summed E-state index contributed by atoms with van der Waals surface area (Å²) in [7, 11) is 0. The zero-order valence-electron chi connectivity index (χ0n) is 14.1. The lowest BCUT2D eigenvalue weighted by Gasteiger charge is -2.34. The van der Waals surface area contributed by atoms with Crippen molar-refractivity contribution in [3.8, 4) is 0 Å². The van der Waals surface area contributed by atoms with E-state index in [4.69, 9.17) is 14.5 Å². The van der Waals surface area contributed by atoms with Crippen LogP contribution >= 0.6 is 0 Å². The van der Waals surface area contributed by atoms with Gasteiger partial charge in [-0.15, -0.1) is 0 Å². The predicted octanol–water partition coefficient (Wildman–Crippen LogP) is 4.33. The van der Waals surface area contributed by atoms with Gasteiger partial charge in [0.05, 0.1) is 5.60 Å². The van der Waals surface area contributed by atoms with Crippen molar-refractivity contribution in [3.05, 3.63) is 12.2 Å². The van der Waals surface area contributed by atoms with Crippen molar-refractivity contribution in [2.45, 2.75) is 90.6 Å². The first kappa shape index (κ1) is 18.3. The number of hydrogen-bond acceptors (Lipinski definition) is 4. The van der Waals surface area contributed by atoms with E-state index in [-0.39, 0.29) is 5.78 Å². The molecular weight excluding hydrogens is 268 g/mol. The third-order valence-corrected chi connectivity index (χ3v) is 3.27. The quantitative estimate of drug-likeness (QED) is 0.380. The van der Waals surface area contributed by atoms with Gasteiger partial charge in [-0.3, -0.25) is 4.79 Å². The first-order valence-electron chi connectivity index (χ1n) is 8.03. The van der Waals surface area contributed by atoms with Crippen molar-refractivity contribution in [2.24, 2.45) is 0 Å². The van der Waals surface area contributed by atoms with Gasteiger partial charge < -0.3 is 4.74 Å². The number of ketones is 1. The molecule has 0 bridgehead atoms. The molecule has 0 amide bonds. The Bertz CT molecular complexity index is 356. The van der Waals surface area contributed by atoms with E-state index in [0.29, 0.717) is 0 Å². The summed E-state index contributed by atoms with van der Waals surface area (Å²) in [5.74, 6) is -0.975. The molecule has 1 heterocycles. The van der Waals surface area contributed by atoms with Gasteiger partial charge in [-0.2, -0.15) is 4.89 Å². The summed E-state index contributed by atoms with van der Waals surface area (Å²) in [6.07, 6.45) is 9.31. The van der Waals surface area contributed by atoms with Crippen LogP contribution in [-0.2, 0) is 19.3 Å². The number of carbonyl (C=O) groups excluding carboxylic acids is 1. The van der Waals surface area contributed by atoms with Gasteiger partial charge in [0.1, 0.15) is 6.10 Å². The SMILES string of the molecule is CCCCCCCC1OC(C)(OOC(C)(C)C)C=CC1=O. The van der Waals surface area contributed by atoms with Crippen molar-refractivity contribution in [1.82, 2.24) is 0 Å². The molecule has 0 aromatic carbocycles. The normalized spacial score (nSPS) is 26.3. The molecule has 2 unspecified atom stereocenters. The molecule has 0 radical (unpaired) electrons. The second kappa shape index (κ2) is 8.06. The van der Waals surface area contributed by atoms with Crippen LogP contribution < -0.4 is 0 Å². The first-order valence-corrected chi connectivity index (χ1v) is 8.03. The summed E-state index contributed by atoms with van der Waals surface area (Å²) < 4.78 is 5.80. The van der Waals surface area contributed by atoms with Crippen molar-refractivity contribution in [3.63, 3.8) is 0 Å². The number of unbranched alkanes of at least 4 members (excludes halogenated alkanes) is 4. The molecule has 4 nitrogen and oxygen atoms in total. The van der Waals surface area contributed by atoms with Crippen LogP contribution in [0.5, 0.6) is 0 Å². The van der Waals surface area contributed by atoms with E-state index in [2.05, 4.69) is 6.92 Å². The maximum atomic E-state index is 11.9. The van der Waals surface area contributed by atoms with E-state index >= 15 is 0 Å². The molecule has 0 saturated carbocycles. The van der Waals surface area contributed by atoms with Gasteiger partial charge in [0.25, 0.3) is 0 Å². The van der Waals surface area contributed by atoms with Crippen LogP contribution in [0.3, 0.4) is 0 Å². The van der Waals surface area contributed by atoms with Gasteiger partial charge in [-0.05, 0) is 46.3 Å². The number of rotatable bonds is 8. The third-order valence-electron chi connectivity index (χ3n) is 3.27. The van der Waals surface area contributed by atoms with Gasteiger partial charge in [0, 0.05) is 0 Å². The molecule has 21 heavy (non-hydrogen) atoms. The van der Waals surface area contributed by atoms with Gasteiger partial charge in [0.2, 0.25) is 5.79 Å². The van der Waals surface area contributed by atoms with E-state index in [9.17, 15) is 4.79 Å². The Labute approximate surface area is 128 Å². The average Bonchev–Trinajstić information content (AvgIpc) is 2.40. The highest BCUT2D eigenvalue weighted by Gasteiger charge is 2.36. The topological polar surface area (TPSA) is 44.8 Å². The molecule has 0 aromatic rings. The van der Waals surface area contributed by atoms with Crippen molar-refractivity contribution in [2.75, 3.05) is 0 Å². The minimum absolute atomic E-state index is 0.0160. The van der Waals surface area contributed by atoms with Crippen molar-refractivity contribution < 1.29 is 19.3 Å². The van der Waals surface area contributed by atoms with Crippen LogP contribution in [0.15, 0.2) is 12.2 Å². The van der Waals surface area contributed by atoms with E-state index in [1.165, 1.54) is 19.3 Å². The zero-order chi connectivity index (χ0) is 15.9. The minimum atomic E-state index is -0.991. The van der Waals surface area contributed by atoms with Crippen LogP contribution in [0.4, 0.5) is 0 Å². The molecule has 1 aliphatic heterocycles. The largest absolute Gasteiger partial charge is 0.333 e. The Morgan fingerprint density at radius 3 is 2.52 bits per heavy atom. The molecule has 2 atom stereocenters. The van der Waals surface area contributed by atoms with Crippen molar-refractivity contribution in [1.29, 1.82) is 0 Å². The molecule has 1 aliphatic rings. The van der Waals surface area contributed by atoms with E-state index in [1.807, 2.05) is 20.8 Å². The fraction of sp³-hybridized carbons (Fsp3) is 0.824. The fourth-order valence-corrected chi connectivity index (χ4v) is 2.11. The highest BCUT2D eigenvalue weighted by atomic mass is 17.2. The van der Waals surface area contributed by atoms with Crippen LogP contribution in [-0.4, -0.2) is 23.3 Å². The molecule has 4 heteroatoms. The maximum Gasteiger partial charge on any atom is 0.219 e. The fourth-order valence-electron chi connectivity index (χ4n) is 2.11. The van der Waals surface area contributed by atoms with E-state index < -0.39 is 17.5 Å². The van der Waals surface area contributed by atoms with Crippen LogP contribution in [0.25, 0.3) is 0 Å². The molecule has 0 aliphatic carbocycles. The van der Waals surface area contributed by atoms with Gasteiger partial charge >= 0.3 is 0 Å². The first-order chi connectivity index (χ1) is 9.76. The summed E-state index contributed by atoms with van der Waals surface area (Å²) in [6.45, 7) is 9.67. The predicted molar refractivity (Wildman–Crippen MR) is 82.7 cm³/mol. The Morgan fingerprint density at radius 1 is 1.24 bits per heavy atom. The molecule has 0 aromatic heterocycles. The van der Waals surface area contributed by atoms with Crippen LogP contribution in [0.1, 0.15) is 73.1 Å². The third kappa shape index (κ3) is 7.21. The van der Waals surface area contributed by atoms with Gasteiger partial charge in [-0.25, -0.2) is 4.89 Å². The molecule has 0 spiro atoms. The molecule has 1 rings (SSSR count). The average molecular weight is 298 g/mol. The summed E-state index contributed by atoms with van der Waals surface area (Å²) in [4.78, 5) is 22.6. The van der Waals surface area contributed by atoms with E-state index in [1.54, 1.807) is 19.1 Å². The smallest absolute Gasteiger partial charge is 0.219 e. The standard InChI is InChI=1S/C17H30O4/c1-6-7-8-9-10-11-15-14(18)12-13-17(5,19-15)21-20-16(2,3)4/h12-13,15H,6-11H2,1-5H3. The Kier molecular flexibility index (Phi) is 7.04. The van der Waals surface area contributed by atoms with Crippen LogP contribution in [0.2, 0.25) is 0 Å². The summed E-state index contributed by atoms with van der Waals surface area (Å²) in [6, 6.07) is 0. The van der Waals surface area contributed by atoms with Crippen LogP contribution in [0, 0.1) is 0 Å². The molecule has 0 N–H and O–H groups in total. The maximum absolute atomic E-state index is 11.9. The minimum Gasteiger partial charge on any atom is -0.333 e. The lowest BCUT2D eigenvalue weighted by atomic mass is 10.0. The Balaban J connectivity index is 2.45. The van der Waals surface area contributed by atoms with E-state index in [0.717, 1.165) is 19.3 Å². The number of carbonyl (C=O) groups is 1. The van der Waals surface area contributed by atoms with Gasteiger partial charge in [-0.1, -0.05) is 39.0 Å². The summed E-state index contributed by atoms with van der Waals surface area (Å²) in [5.41, 5.74) is -0.419. The second-order valence-electron chi connectivity index (χ2n) is 6.84. The van der Waals surface area contributed by atoms with Crippen molar-refractivity contribution >= 4 is 5.78 Å². The summed E-state index contributed by atoms with van der Waals surface area (Å²) >= 11 is 0. The van der Waals surface area contributed by atoms with Gasteiger partial charge in [0.15, 0.2) is 5.78 Å². The lowest BCUT2D eigenvalue weighted by Crippen LogP contribution is -2.43. The Hall–Kier alpha value is -0.710. The summed E-state index contributed by atoms with van der Waals surface area (Å²) in [5, 5.41) is 0. The molecule has 0 fully saturated rings. The molecular formula is C17H30O4.